The van der Waals surface area contributed by atoms with E-state index in [-0.39, 0.29) is 62.7 Å². The number of carbonyl (C=O) groups is 2. The molecule has 0 bridgehead atoms. The third kappa shape index (κ3) is 22.8. The lowest BCUT2D eigenvalue weighted by atomic mass is 9.94. The number of methoxy groups -OCH3 is 4. The highest BCUT2D eigenvalue weighted by atomic mass is 79.9. The molecule has 18 nitrogen and oxygen atoms in total. The highest BCUT2D eigenvalue weighted by Crippen LogP contribution is 2.40. The average Bonchev–Trinajstić information content (AvgIpc) is 3.98. The van der Waals surface area contributed by atoms with Crippen molar-refractivity contribution in [1.29, 1.82) is 0 Å². The molecule has 0 fully saturated rings. The minimum Gasteiger partial charge on any atom is -0.481 e. The van der Waals surface area contributed by atoms with Crippen molar-refractivity contribution in [2.24, 2.45) is 0 Å². The number of carbonyl (C=O) groups excluding carboxylic acids is 2. The van der Waals surface area contributed by atoms with Crippen LogP contribution in [-0.4, -0.2) is 121 Å². The van der Waals surface area contributed by atoms with Gasteiger partial charge < -0.3 is 39.1 Å². The lowest BCUT2D eigenvalue weighted by molar-refractivity contribution is -0.140. The quantitative estimate of drug-likeness (QED) is 0.0152. The van der Waals surface area contributed by atoms with Gasteiger partial charge in [0.25, 0.3) is 0 Å². The minimum atomic E-state index is -1.26. The lowest BCUT2D eigenvalue weighted by Gasteiger charge is -2.20. The van der Waals surface area contributed by atoms with Gasteiger partial charge in [-0.05, 0) is 98.5 Å². The van der Waals surface area contributed by atoms with Crippen LogP contribution < -0.4 is 20.1 Å². The summed E-state index contributed by atoms with van der Waals surface area (Å²) in [6.07, 6.45) is 3.92. The zero-order chi connectivity index (χ0) is 58.5. The predicted molar refractivity (Wildman–Crippen MR) is 328 cm³/mol. The molecule has 440 valence electrons. The molecule has 2 aromatic carbocycles. The number of anilines is 4. The zero-order valence-electron chi connectivity index (χ0n) is 47.8. The number of rotatable bonds is 26. The summed E-state index contributed by atoms with van der Waals surface area (Å²) in [7, 11) is 3.38. The molecule has 0 amide bonds. The number of thioether (sulfide) groups is 1. The highest BCUT2D eigenvalue weighted by Gasteiger charge is 2.23. The third-order valence-corrected chi connectivity index (χ3v) is 16.3. The molecule has 6 aromatic rings. The van der Waals surface area contributed by atoms with Crippen molar-refractivity contribution < 1.29 is 46.8 Å². The van der Waals surface area contributed by atoms with E-state index in [4.69, 9.17) is 28.7 Å². The first-order valence-corrected chi connectivity index (χ1v) is 35.5. The predicted octanol–water partition coefficient (Wildman–Crippen LogP) is 13.9. The van der Waals surface area contributed by atoms with E-state index in [9.17, 15) is 18.4 Å². The fourth-order valence-electron chi connectivity index (χ4n) is 7.14. The fraction of sp³-hybridized carbons (Fsp3) is 0.491. The molecule has 25 heteroatoms. The smallest absolute Gasteiger partial charge is 0.306 e. The minimum absolute atomic E-state index is 0. The van der Waals surface area contributed by atoms with Gasteiger partial charge in [0.15, 0.2) is 0 Å². The van der Waals surface area contributed by atoms with Crippen molar-refractivity contribution >= 4 is 91.7 Å². The van der Waals surface area contributed by atoms with Crippen LogP contribution in [0.1, 0.15) is 70.9 Å². The van der Waals surface area contributed by atoms with Crippen LogP contribution in [0.5, 0.6) is 11.8 Å². The summed E-state index contributed by atoms with van der Waals surface area (Å²) in [6, 6.07) is 15.3. The molecule has 80 heavy (non-hydrogen) atoms. The van der Waals surface area contributed by atoms with Gasteiger partial charge in [0.1, 0.15) is 25.1 Å². The molecule has 0 aliphatic carbocycles. The summed E-state index contributed by atoms with van der Waals surface area (Å²) in [5.74, 6) is 1.82. The number of nitrogens with zero attached hydrogens (tertiary/aromatic N) is 8. The molecule has 6 rings (SSSR count). The molecule has 0 unspecified atom stereocenters. The largest absolute Gasteiger partial charge is 0.481 e. The lowest BCUT2D eigenvalue weighted by Crippen LogP contribution is -2.22. The molecular weight excluding hydrogens is 1170 g/mol. The molecule has 4 heterocycles. The van der Waals surface area contributed by atoms with Gasteiger partial charge in [-0.3, -0.25) is 9.59 Å². The van der Waals surface area contributed by atoms with Gasteiger partial charge in [-0.2, -0.15) is 22.6 Å². The number of halogens is 3. The maximum absolute atomic E-state index is 14.8. The summed E-state index contributed by atoms with van der Waals surface area (Å²) < 4.78 is 64.7. The molecule has 4 aromatic heterocycles. The number of nitrogens with one attached hydrogen (secondary N) is 2. The maximum atomic E-state index is 14.8. The molecule has 0 radical (unpaired) electrons. The van der Waals surface area contributed by atoms with Crippen LogP contribution in [0, 0.1) is 11.6 Å². The Morgan fingerprint density at radius 3 is 1.51 bits per heavy atom. The monoisotopic (exact) mass is 1250 g/mol. The summed E-state index contributed by atoms with van der Waals surface area (Å²) >= 11 is 8.53. The average molecular weight is 1250 g/mol. The summed E-state index contributed by atoms with van der Waals surface area (Å²) in [5, 5.41) is 16.3. The Kier molecular flexibility index (Phi) is 28.8. The van der Waals surface area contributed by atoms with Crippen LogP contribution in [-0.2, 0) is 42.0 Å². The van der Waals surface area contributed by atoms with Crippen LogP contribution in [0.3, 0.4) is 0 Å². The number of thiol groups is 1. The van der Waals surface area contributed by atoms with E-state index in [1.54, 1.807) is 54.2 Å². The standard InChI is InChI=1S/C27H38FN5O4SSi.C23H31BrFN5O2Si.C4H8O2S.CH4/c1-18(2)21-15-20(28)16-22(19-8-10-29-23(14-19)35-3)25(21)30-26-31-27(38-12-9-24(34)36-4)32-33(26)17-37-11-13-39(5,6)7;1-15(2)18-12-17(25)13-19(16-7-8-26-20(11-16)31-3)21(18)27-23-28-22(24)29-30(23)14-32-9-10-33(4,5)6;1-6-4(5)2-3-7;/h8,10,14-16,18H,9,11-13,17H2,1-7H3,(H,30,31,32);7-8,11-13,15H,9-10,14H2,1-6H3,(H,27,28,29);7H,2-3H2,1H3;1H4. The van der Waals surface area contributed by atoms with Gasteiger partial charge in [-0.15, -0.1) is 10.2 Å². The van der Waals surface area contributed by atoms with Crippen LogP contribution >= 0.6 is 40.3 Å². The molecular formula is C55H81BrF2N10O8S2Si2. The summed E-state index contributed by atoms with van der Waals surface area (Å²) in [4.78, 5) is 39.2. The van der Waals surface area contributed by atoms with Gasteiger partial charge in [-0.1, -0.05) is 86.2 Å². The van der Waals surface area contributed by atoms with E-state index < -0.39 is 16.1 Å². The first-order valence-electron chi connectivity index (χ1n) is 25.7. The Hall–Kier alpha value is -5.45. The molecule has 0 saturated heterocycles. The number of pyridine rings is 2. The number of ether oxygens (including phenoxy) is 6. The van der Waals surface area contributed by atoms with Crippen molar-refractivity contribution in [1.82, 2.24) is 39.5 Å². The second-order valence-electron chi connectivity index (χ2n) is 20.9. The topological polar surface area (TPSA) is 201 Å². The molecule has 0 atom stereocenters. The van der Waals surface area contributed by atoms with Crippen LogP contribution in [0.4, 0.5) is 32.1 Å². The second-order valence-corrected chi connectivity index (χ2v) is 34.4. The Bertz CT molecular complexity index is 2910. The maximum Gasteiger partial charge on any atom is 0.306 e. The first kappa shape index (κ1) is 68.8. The van der Waals surface area contributed by atoms with Gasteiger partial charge in [-0.25, -0.2) is 28.1 Å². The number of esters is 2. The third-order valence-electron chi connectivity index (χ3n) is 11.5. The fourth-order valence-corrected chi connectivity index (χ4v) is 9.96. The van der Waals surface area contributed by atoms with Crippen LogP contribution in [0.25, 0.3) is 22.3 Å². The van der Waals surface area contributed by atoms with E-state index in [2.05, 4.69) is 108 Å². The zero-order valence-corrected chi connectivity index (χ0v) is 53.1. The normalized spacial score (nSPS) is 11.2. The number of benzene rings is 2. The van der Waals surface area contributed by atoms with E-state index in [0.717, 1.165) is 40.0 Å². The van der Waals surface area contributed by atoms with Crippen molar-refractivity contribution in [2.75, 3.05) is 63.8 Å². The van der Waals surface area contributed by atoms with E-state index >= 15 is 0 Å². The molecule has 0 aliphatic rings. The van der Waals surface area contributed by atoms with Crippen molar-refractivity contribution in [3.8, 4) is 34.0 Å². The van der Waals surface area contributed by atoms with Crippen molar-refractivity contribution in [3.63, 3.8) is 0 Å². The SMILES string of the molecule is C.COC(=O)CCS.COC(=O)CCSc1nc(Nc2c(-c3ccnc(OC)c3)cc(F)cc2C(C)C)n(COCC[Si](C)(C)C)n1.COc1cc(-c2cc(F)cc(C(C)C)c2Nc2nc(Br)nn2COCC[Si](C)(C)C)ccn1. The van der Waals surface area contributed by atoms with Gasteiger partial charge >= 0.3 is 11.9 Å². The molecule has 0 aliphatic heterocycles. The van der Waals surface area contributed by atoms with Crippen molar-refractivity contribution in [3.05, 3.63) is 88.4 Å². The summed E-state index contributed by atoms with van der Waals surface area (Å²) in [6.45, 7) is 23.7. The van der Waals surface area contributed by atoms with Gasteiger partial charge in [0.2, 0.25) is 33.5 Å². The Labute approximate surface area is 491 Å². The van der Waals surface area contributed by atoms with Gasteiger partial charge in [0.05, 0.1) is 52.7 Å². The van der Waals surface area contributed by atoms with Gasteiger partial charge in [0, 0.05) is 76.5 Å². The Morgan fingerprint density at radius 2 is 1.11 bits per heavy atom. The van der Waals surface area contributed by atoms with E-state index in [1.807, 2.05) is 39.8 Å². The Morgan fingerprint density at radius 1 is 0.675 bits per heavy atom. The molecule has 0 saturated carbocycles. The molecule has 2 N–H and O–H groups in total. The van der Waals surface area contributed by atoms with Crippen molar-refractivity contribution in [2.45, 2.75) is 130 Å². The second kappa shape index (κ2) is 33.5. The first-order chi connectivity index (χ1) is 37.4. The number of aromatic nitrogens is 8. The Balaban J connectivity index is 0.000000375. The van der Waals surface area contributed by atoms with Crippen LogP contribution in [0.2, 0.25) is 51.4 Å². The number of hydrogen-bond acceptors (Lipinski definition) is 18. The van der Waals surface area contributed by atoms with E-state index in [1.165, 1.54) is 44.2 Å². The highest BCUT2D eigenvalue weighted by molar-refractivity contribution is 9.10. The number of hydrogen-bond donors (Lipinski definition) is 3. The molecule has 0 spiro atoms. The van der Waals surface area contributed by atoms with Crippen LogP contribution in [0.15, 0.2) is 70.8 Å². The summed E-state index contributed by atoms with van der Waals surface area (Å²) in [5.41, 5.74) is 5.93. The van der Waals surface area contributed by atoms with E-state index in [0.29, 0.717) is 81.5 Å².